The summed E-state index contributed by atoms with van der Waals surface area (Å²) < 4.78 is 32.1. The highest BCUT2D eigenvalue weighted by Crippen LogP contribution is 2.26. The van der Waals surface area contributed by atoms with Gasteiger partial charge in [-0.15, -0.1) is 11.3 Å². The van der Waals surface area contributed by atoms with Gasteiger partial charge in [-0.1, -0.05) is 20.8 Å². The van der Waals surface area contributed by atoms with Gasteiger partial charge >= 0.3 is 0 Å². The molecule has 0 aliphatic heterocycles. The molecule has 1 aromatic carbocycles. The third-order valence-electron chi connectivity index (χ3n) is 2.72. The van der Waals surface area contributed by atoms with E-state index in [1.54, 1.807) is 0 Å². The zero-order chi connectivity index (χ0) is 14.9. The fourth-order valence-corrected chi connectivity index (χ4v) is 2.45. The number of nitrogen functional groups attached to an aromatic ring is 1. The van der Waals surface area contributed by atoms with Crippen LogP contribution in [0.15, 0.2) is 17.5 Å². The molecular formula is C14H16F2N2OS. The van der Waals surface area contributed by atoms with Crippen molar-refractivity contribution in [3.05, 3.63) is 39.8 Å². The van der Waals surface area contributed by atoms with Crippen LogP contribution in [0.2, 0.25) is 0 Å². The van der Waals surface area contributed by atoms with Crippen molar-refractivity contribution in [3.8, 4) is 5.75 Å². The van der Waals surface area contributed by atoms with Crippen molar-refractivity contribution in [2.75, 3.05) is 5.73 Å². The van der Waals surface area contributed by atoms with Crippen LogP contribution in [0.25, 0.3) is 0 Å². The van der Waals surface area contributed by atoms with Gasteiger partial charge in [-0.05, 0) is 0 Å². The Morgan fingerprint density at radius 1 is 1.25 bits per heavy atom. The molecular weight excluding hydrogens is 282 g/mol. The first-order chi connectivity index (χ1) is 9.27. The molecule has 0 unspecified atom stereocenters. The quantitative estimate of drug-likeness (QED) is 0.875. The van der Waals surface area contributed by atoms with Crippen LogP contribution in [0.3, 0.4) is 0 Å². The lowest BCUT2D eigenvalue weighted by atomic mass is 9.93. The summed E-state index contributed by atoms with van der Waals surface area (Å²) >= 11 is 1.43. The number of benzene rings is 1. The Morgan fingerprint density at radius 2 is 1.95 bits per heavy atom. The van der Waals surface area contributed by atoms with Crippen molar-refractivity contribution in [3.63, 3.8) is 0 Å². The molecule has 0 spiro atoms. The van der Waals surface area contributed by atoms with Crippen LogP contribution >= 0.6 is 11.3 Å². The van der Waals surface area contributed by atoms with Gasteiger partial charge in [0.15, 0.2) is 11.6 Å². The van der Waals surface area contributed by atoms with Gasteiger partial charge in [-0.2, -0.15) is 0 Å². The van der Waals surface area contributed by atoms with Crippen molar-refractivity contribution >= 4 is 17.0 Å². The molecule has 1 heterocycles. The van der Waals surface area contributed by atoms with Gasteiger partial charge in [0.2, 0.25) is 0 Å². The number of rotatable bonds is 3. The van der Waals surface area contributed by atoms with E-state index < -0.39 is 11.6 Å². The van der Waals surface area contributed by atoms with Crippen LogP contribution in [0.1, 0.15) is 31.5 Å². The number of halogens is 2. The van der Waals surface area contributed by atoms with E-state index in [1.807, 2.05) is 5.38 Å². The Bertz CT molecular complexity index is 620. The molecule has 0 aliphatic carbocycles. The standard InChI is InChI=1S/C14H16F2N2OS/c1-14(2,3)12-7-20-13(18-12)6-19-11-5-8(15)10(17)4-9(11)16/h4-5,7H,6,17H2,1-3H3. The van der Waals surface area contributed by atoms with Gasteiger partial charge in [0.05, 0.1) is 11.4 Å². The molecule has 2 N–H and O–H groups in total. The Hall–Kier alpha value is -1.69. The average molecular weight is 298 g/mol. The molecule has 0 amide bonds. The van der Waals surface area contributed by atoms with Gasteiger partial charge in [-0.25, -0.2) is 13.8 Å². The summed E-state index contributed by atoms with van der Waals surface area (Å²) in [6.45, 7) is 6.27. The number of ether oxygens (including phenoxy) is 1. The first kappa shape index (κ1) is 14.7. The summed E-state index contributed by atoms with van der Waals surface area (Å²) in [4.78, 5) is 4.42. The van der Waals surface area contributed by atoms with Crippen molar-refractivity contribution in [1.82, 2.24) is 4.98 Å². The maximum Gasteiger partial charge on any atom is 0.167 e. The van der Waals surface area contributed by atoms with Crippen LogP contribution in [0.4, 0.5) is 14.5 Å². The van der Waals surface area contributed by atoms with Gasteiger partial charge in [-0.3, -0.25) is 0 Å². The minimum Gasteiger partial charge on any atom is -0.483 e. The van der Waals surface area contributed by atoms with E-state index in [0.717, 1.165) is 17.8 Å². The van der Waals surface area contributed by atoms with E-state index in [1.165, 1.54) is 11.3 Å². The number of hydrogen-bond donors (Lipinski definition) is 1. The second kappa shape index (κ2) is 5.36. The smallest absolute Gasteiger partial charge is 0.167 e. The highest BCUT2D eigenvalue weighted by molar-refractivity contribution is 7.09. The topological polar surface area (TPSA) is 48.1 Å². The molecule has 3 nitrogen and oxygen atoms in total. The zero-order valence-electron chi connectivity index (χ0n) is 11.5. The number of anilines is 1. The molecule has 108 valence electrons. The summed E-state index contributed by atoms with van der Waals surface area (Å²) in [5.74, 6) is -1.54. The molecule has 0 atom stereocenters. The predicted molar refractivity (Wildman–Crippen MR) is 75.9 cm³/mol. The lowest BCUT2D eigenvalue weighted by molar-refractivity contribution is 0.287. The molecule has 0 saturated carbocycles. The highest BCUT2D eigenvalue weighted by atomic mass is 32.1. The predicted octanol–water partition coefficient (Wildman–Crippen LogP) is 3.88. The van der Waals surface area contributed by atoms with E-state index in [2.05, 4.69) is 25.8 Å². The number of nitrogens with two attached hydrogens (primary N) is 1. The number of nitrogens with zero attached hydrogens (tertiary/aromatic N) is 1. The fourth-order valence-electron chi connectivity index (χ4n) is 1.52. The summed E-state index contributed by atoms with van der Waals surface area (Å²) in [5, 5.41) is 2.66. The first-order valence-corrected chi connectivity index (χ1v) is 6.97. The van der Waals surface area contributed by atoms with Crippen molar-refractivity contribution < 1.29 is 13.5 Å². The lowest BCUT2D eigenvalue weighted by Gasteiger charge is -2.14. The van der Waals surface area contributed by atoms with E-state index >= 15 is 0 Å². The second-order valence-electron chi connectivity index (χ2n) is 5.47. The second-order valence-corrected chi connectivity index (χ2v) is 6.41. The number of hydrogen-bond acceptors (Lipinski definition) is 4. The van der Waals surface area contributed by atoms with Crippen LogP contribution in [0.5, 0.6) is 5.75 Å². The minimum atomic E-state index is -0.698. The normalized spacial score (nSPS) is 11.7. The fraction of sp³-hybridized carbons (Fsp3) is 0.357. The third kappa shape index (κ3) is 3.25. The van der Waals surface area contributed by atoms with Gasteiger partial charge in [0, 0.05) is 22.9 Å². The minimum absolute atomic E-state index is 0.0483. The molecule has 0 aliphatic rings. The largest absolute Gasteiger partial charge is 0.483 e. The summed E-state index contributed by atoms with van der Waals surface area (Å²) in [7, 11) is 0. The molecule has 0 radical (unpaired) electrons. The molecule has 0 saturated heterocycles. The summed E-state index contributed by atoms with van der Waals surface area (Å²) in [5.41, 5.74) is 5.93. The molecule has 20 heavy (non-hydrogen) atoms. The first-order valence-electron chi connectivity index (χ1n) is 6.09. The van der Waals surface area contributed by atoms with Crippen molar-refractivity contribution in [2.45, 2.75) is 32.8 Å². The molecule has 2 rings (SSSR count). The van der Waals surface area contributed by atoms with Gasteiger partial charge in [0.1, 0.15) is 17.4 Å². The molecule has 6 heteroatoms. The Morgan fingerprint density at radius 3 is 2.55 bits per heavy atom. The Kier molecular flexibility index (Phi) is 3.94. The molecule has 0 fully saturated rings. The van der Waals surface area contributed by atoms with E-state index in [0.29, 0.717) is 5.01 Å². The summed E-state index contributed by atoms with van der Waals surface area (Å²) in [6, 6.07) is 1.86. The van der Waals surface area contributed by atoms with Crippen LogP contribution in [-0.2, 0) is 12.0 Å². The molecule has 1 aromatic heterocycles. The Balaban J connectivity index is 2.09. The summed E-state index contributed by atoms with van der Waals surface area (Å²) in [6.07, 6.45) is 0. The van der Waals surface area contributed by atoms with Gasteiger partial charge < -0.3 is 10.5 Å². The SMILES string of the molecule is CC(C)(C)c1csc(COc2cc(F)c(N)cc2F)n1. The van der Waals surface area contributed by atoms with Crippen LogP contribution in [0, 0.1) is 11.6 Å². The van der Waals surface area contributed by atoms with Crippen molar-refractivity contribution in [2.24, 2.45) is 0 Å². The van der Waals surface area contributed by atoms with E-state index in [9.17, 15) is 8.78 Å². The van der Waals surface area contributed by atoms with E-state index in [4.69, 9.17) is 10.5 Å². The maximum absolute atomic E-state index is 13.5. The highest BCUT2D eigenvalue weighted by Gasteiger charge is 2.18. The number of aromatic nitrogens is 1. The maximum atomic E-state index is 13.5. The van der Waals surface area contributed by atoms with E-state index in [-0.39, 0.29) is 23.5 Å². The van der Waals surface area contributed by atoms with Crippen LogP contribution < -0.4 is 10.5 Å². The number of thiazole rings is 1. The zero-order valence-corrected chi connectivity index (χ0v) is 12.4. The van der Waals surface area contributed by atoms with Crippen LogP contribution in [-0.4, -0.2) is 4.98 Å². The Labute approximate surface area is 120 Å². The monoisotopic (exact) mass is 298 g/mol. The average Bonchev–Trinajstić information content (AvgIpc) is 2.80. The molecule has 2 aromatic rings. The van der Waals surface area contributed by atoms with Gasteiger partial charge in [0.25, 0.3) is 0 Å². The molecule has 0 bridgehead atoms. The third-order valence-corrected chi connectivity index (χ3v) is 3.54. The lowest BCUT2D eigenvalue weighted by Crippen LogP contribution is -2.11. The van der Waals surface area contributed by atoms with Crippen molar-refractivity contribution in [1.29, 1.82) is 0 Å².